The van der Waals surface area contributed by atoms with Crippen molar-refractivity contribution in [2.24, 2.45) is 0 Å². The Balaban J connectivity index is 1.47. The molecule has 1 amide bonds. The highest BCUT2D eigenvalue weighted by molar-refractivity contribution is 6.31. The van der Waals surface area contributed by atoms with E-state index in [-0.39, 0.29) is 10.9 Å². The third-order valence-corrected chi connectivity index (χ3v) is 6.33. The number of nitrogens with one attached hydrogen (secondary N) is 2. The molecule has 0 bridgehead atoms. The molecule has 4 rings (SSSR count). The quantitative estimate of drug-likeness (QED) is 0.245. The number of hydrogen-bond donors (Lipinski definition) is 2. The Labute approximate surface area is 215 Å². The molecule has 0 spiro atoms. The zero-order valence-corrected chi connectivity index (χ0v) is 21.2. The first-order chi connectivity index (χ1) is 17.5. The van der Waals surface area contributed by atoms with Crippen molar-refractivity contribution < 1.29 is 13.9 Å². The van der Waals surface area contributed by atoms with Gasteiger partial charge < -0.3 is 20.3 Å². The first kappa shape index (κ1) is 25.9. The summed E-state index contributed by atoms with van der Waals surface area (Å²) >= 11 is 5.92. The second kappa shape index (κ2) is 12.6. The van der Waals surface area contributed by atoms with Gasteiger partial charge in [0.1, 0.15) is 23.7 Å². The molecular weight excluding hydrogens is 481 g/mol. The third kappa shape index (κ3) is 6.92. The van der Waals surface area contributed by atoms with Gasteiger partial charge >= 0.3 is 0 Å². The molecule has 1 saturated heterocycles. The maximum Gasteiger partial charge on any atom is 0.248 e. The van der Waals surface area contributed by atoms with Gasteiger partial charge in [-0.25, -0.2) is 14.4 Å². The Kier molecular flexibility index (Phi) is 9.08. The van der Waals surface area contributed by atoms with Gasteiger partial charge in [0.25, 0.3) is 0 Å². The number of anilines is 3. The van der Waals surface area contributed by atoms with E-state index in [1.54, 1.807) is 24.3 Å². The highest BCUT2D eigenvalue weighted by atomic mass is 35.5. The van der Waals surface area contributed by atoms with Gasteiger partial charge in [-0.3, -0.25) is 4.79 Å². The Morgan fingerprint density at radius 2 is 2.03 bits per heavy atom. The second-order valence-corrected chi connectivity index (χ2v) is 9.12. The molecule has 1 aliphatic rings. The number of hydrogen-bond acceptors (Lipinski definition) is 6. The fraction of sp³-hybridized carbons (Fsp3) is 0.370. The van der Waals surface area contributed by atoms with Crippen molar-refractivity contribution in [3.05, 3.63) is 59.7 Å². The number of amides is 1. The number of ether oxygens (including phenoxy) is 1. The number of nitrogens with zero attached hydrogens (tertiary/aromatic N) is 3. The number of likely N-dealkylation sites (tertiary alicyclic amines) is 1. The lowest BCUT2D eigenvalue weighted by Gasteiger charge is -2.25. The number of benzene rings is 2. The number of rotatable bonds is 10. The molecular formula is C27H31ClFN5O2. The largest absolute Gasteiger partial charge is 0.492 e. The fourth-order valence-electron chi connectivity index (χ4n) is 4.25. The smallest absolute Gasteiger partial charge is 0.248 e. The van der Waals surface area contributed by atoms with Crippen molar-refractivity contribution in [3.63, 3.8) is 0 Å². The summed E-state index contributed by atoms with van der Waals surface area (Å²) in [4.78, 5) is 23.8. The van der Waals surface area contributed by atoms with Crippen LogP contribution in [0.2, 0.25) is 5.02 Å². The van der Waals surface area contributed by atoms with Gasteiger partial charge in [-0.1, -0.05) is 24.1 Å². The summed E-state index contributed by atoms with van der Waals surface area (Å²) in [5.74, 6) is 0.284. The van der Waals surface area contributed by atoms with Crippen LogP contribution in [0.25, 0.3) is 10.9 Å². The maximum atomic E-state index is 13.6. The minimum atomic E-state index is -0.499. The molecule has 0 atom stereocenters. The number of carbonyl (C=O) groups excluding carboxylic acids is 1. The van der Waals surface area contributed by atoms with E-state index < -0.39 is 5.82 Å². The predicted octanol–water partition coefficient (Wildman–Crippen LogP) is 6.33. The van der Waals surface area contributed by atoms with Crippen LogP contribution < -0.4 is 15.4 Å². The van der Waals surface area contributed by atoms with E-state index in [1.807, 2.05) is 13.0 Å². The Bertz CT molecular complexity index is 1230. The van der Waals surface area contributed by atoms with Crippen LogP contribution in [0.5, 0.6) is 5.75 Å². The van der Waals surface area contributed by atoms with Gasteiger partial charge in [-0.2, -0.15) is 0 Å². The zero-order valence-electron chi connectivity index (χ0n) is 20.4. The van der Waals surface area contributed by atoms with Crippen molar-refractivity contribution in [2.75, 3.05) is 36.9 Å². The molecule has 0 saturated carbocycles. The van der Waals surface area contributed by atoms with Gasteiger partial charge in [-0.15, -0.1) is 0 Å². The standard InChI is InChI=1S/C27H31ClFN5O2/c1-2-36-25-17-23-20(27(31-18-30-23)32-19-10-11-22(29)21(28)15-19)16-24(25)33-26(35)9-5-3-6-12-34-13-7-4-8-14-34/h5,9-11,15-18H,2-4,6-8,12-14H2,1H3,(H,33,35)(H,30,31,32)/b9-5+. The molecule has 7 nitrogen and oxygen atoms in total. The SMILES string of the molecule is CCOc1cc2ncnc(Nc3ccc(F)c(Cl)c3)c2cc1NC(=O)/C=C/CCCN1CCCCC1. The molecule has 2 aromatic carbocycles. The summed E-state index contributed by atoms with van der Waals surface area (Å²) in [6.45, 7) is 5.75. The van der Waals surface area contributed by atoms with Crippen molar-refractivity contribution in [1.82, 2.24) is 14.9 Å². The van der Waals surface area contributed by atoms with Gasteiger partial charge in [0, 0.05) is 17.1 Å². The molecule has 0 unspecified atom stereocenters. The number of piperidine rings is 1. The zero-order chi connectivity index (χ0) is 25.3. The maximum absolute atomic E-state index is 13.6. The van der Waals surface area contributed by atoms with Crippen LogP contribution in [-0.2, 0) is 4.79 Å². The van der Waals surface area contributed by atoms with Gasteiger partial charge in [0.15, 0.2) is 0 Å². The van der Waals surface area contributed by atoms with Crippen molar-refractivity contribution >= 4 is 45.6 Å². The molecule has 190 valence electrons. The Morgan fingerprint density at radius 3 is 2.81 bits per heavy atom. The minimum absolute atomic E-state index is 0.00709. The highest BCUT2D eigenvalue weighted by Gasteiger charge is 2.13. The lowest BCUT2D eigenvalue weighted by molar-refractivity contribution is -0.111. The first-order valence-corrected chi connectivity index (χ1v) is 12.7. The highest BCUT2D eigenvalue weighted by Crippen LogP contribution is 2.34. The molecule has 3 aromatic rings. The molecule has 2 heterocycles. The number of allylic oxidation sites excluding steroid dienone is 1. The van der Waals surface area contributed by atoms with Crippen LogP contribution in [0.3, 0.4) is 0 Å². The second-order valence-electron chi connectivity index (χ2n) is 8.71. The molecule has 1 aliphatic heterocycles. The average molecular weight is 512 g/mol. The monoisotopic (exact) mass is 511 g/mol. The topological polar surface area (TPSA) is 79.4 Å². The van der Waals surface area contributed by atoms with Crippen LogP contribution in [0.15, 0.2) is 48.8 Å². The van der Waals surface area contributed by atoms with Crippen LogP contribution in [0, 0.1) is 5.82 Å². The van der Waals surface area contributed by atoms with E-state index >= 15 is 0 Å². The van der Waals surface area contributed by atoms with E-state index in [1.165, 1.54) is 50.8 Å². The summed E-state index contributed by atoms with van der Waals surface area (Å²) in [6.07, 6.45) is 10.7. The Morgan fingerprint density at radius 1 is 1.19 bits per heavy atom. The lowest BCUT2D eigenvalue weighted by atomic mass is 10.1. The van der Waals surface area contributed by atoms with E-state index in [0.717, 1.165) is 19.4 Å². The average Bonchev–Trinajstić information content (AvgIpc) is 2.87. The number of carbonyl (C=O) groups is 1. The van der Waals surface area contributed by atoms with Crippen molar-refractivity contribution in [3.8, 4) is 5.75 Å². The number of aromatic nitrogens is 2. The summed E-state index contributed by atoms with van der Waals surface area (Å²) in [5, 5.41) is 6.74. The summed E-state index contributed by atoms with van der Waals surface area (Å²) < 4.78 is 19.3. The van der Waals surface area contributed by atoms with E-state index in [4.69, 9.17) is 16.3 Å². The Hall–Kier alpha value is -3.23. The first-order valence-electron chi connectivity index (χ1n) is 12.4. The molecule has 36 heavy (non-hydrogen) atoms. The number of unbranched alkanes of at least 4 members (excludes halogenated alkanes) is 1. The van der Waals surface area contributed by atoms with Crippen molar-refractivity contribution in [1.29, 1.82) is 0 Å². The normalized spacial score (nSPS) is 14.3. The van der Waals surface area contributed by atoms with Gasteiger partial charge in [-0.05, 0) is 82.6 Å². The van der Waals surface area contributed by atoms with Gasteiger partial charge in [0.2, 0.25) is 5.91 Å². The molecule has 1 fully saturated rings. The molecule has 2 N–H and O–H groups in total. The van der Waals surface area contributed by atoms with Gasteiger partial charge in [0.05, 0.1) is 22.8 Å². The summed E-state index contributed by atoms with van der Waals surface area (Å²) in [5.41, 5.74) is 1.73. The minimum Gasteiger partial charge on any atom is -0.492 e. The summed E-state index contributed by atoms with van der Waals surface area (Å²) in [7, 11) is 0. The van der Waals surface area contributed by atoms with E-state index in [9.17, 15) is 9.18 Å². The predicted molar refractivity (Wildman–Crippen MR) is 143 cm³/mol. The molecule has 0 radical (unpaired) electrons. The summed E-state index contributed by atoms with van der Waals surface area (Å²) in [6, 6.07) is 7.88. The number of halogens is 2. The van der Waals surface area contributed by atoms with E-state index in [2.05, 4.69) is 25.5 Å². The molecule has 0 aliphatic carbocycles. The molecule has 9 heteroatoms. The lowest BCUT2D eigenvalue weighted by Crippen LogP contribution is -2.30. The van der Waals surface area contributed by atoms with Crippen molar-refractivity contribution in [2.45, 2.75) is 39.0 Å². The number of fused-ring (bicyclic) bond motifs is 1. The van der Waals surface area contributed by atoms with Crippen LogP contribution in [0.1, 0.15) is 39.0 Å². The van der Waals surface area contributed by atoms with Crippen LogP contribution in [-0.4, -0.2) is 47.0 Å². The molecule has 1 aromatic heterocycles. The van der Waals surface area contributed by atoms with Crippen LogP contribution in [0.4, 0.5) is 21.6 Å². The van der Waals surface area contributed by atoms with E-state index in [0.29, 0.717) is 40.5 Å². The van der Waals surface area contributed by atoms with Crippen LogP contribution >= 0.6 is 11.6 Å². The fourth-order valence-corrected chi connectivity index (χ4v) is 4.43. The third-order valence-electron chi connectivity index (χ3n) is 6.04.